The molecule has 0 aliphatic heterocycles. The van der Waals surface area contributed by atoms with Gasteiger partial charge in [0, 0.05) is 11.6 Å². The third-order valence-corrected chi connectivity index (χ3v) is 4.04. The van der Waals surface area contributed by atoms with Gasteiger partial charge in [-0.05, 0) is 41.3 Å². The Morgan fingerprint density at radius 2 is 1.76 bits per heavy atom. The van der Waals surface area contributed by atoms with E-state index >= 15 is 0 Å². The van der Waals surface area contributed by atoms with E-state index in [1.54, 1.807) is 16.9 Å². The van der Waals surface area contributed by atoms with Crippen LogP contribution < -0.4 is 5.32 Å². The van der Waals surface area contributed by atoms with E-state index in [2.05, 4.69) is 48.5 Å². The Balaban J connectivity index is 1.72. The average molecular weight is 337 g/mol. The standard InChI is InChI=1S/C20H20FN3O/c1-14(2)16-5-3-15(4-6-16)13-24-19(11-12-22-24)23-20(25)17-7-9-18(21)10-8-17/h3-12,14H,13H2,1-2H3,(H,23,25). The van der Waals surface area contributed by atoms with E-state index in [0.717, 1.165) is 5.56 Å². The highest BCUT2D eigenvalue weighted by Crippen LogP contribution is 2.17. The first-order valence-corrected chi connectivity index (χ1v) is 8.20. The van der Waals surface area contributed by atoms with Gasteiger partial charge in [0.1, 0.15) is 11.6 Å². The zero-order valence-corrected chi connectivity index (χ0v) is 14.2. The van der Waals surface area contributed by atoms with Crippen LogP contribution in [0.25, 0.3) is 0 Å². The highest BCUT2D eigenvalue weighted by atomic mass is 19.1. The Morgan fingerprint density at radius 1 is 1.08 bits per heavy atom. The number of aromatic nitrogens is 2. The number of benzene rings is 2. The van der Waals surface area contributed by atoms with Gasteiger partial charge in [0.05, 0.1) is 12.7 Å². The highest BCUT2D eigenvalue weighted by Gasteiger charge is 2.10. The van der Waals surface area contributed by atoms with Gasteiger partial charge >= 0.3 is 0 Å². The lowest BCUT2D eigenvalue weighted by molar-refractivity contribution is 0.102. The smallest absolute Gasteiger partial charge is 0.256 e. The van der Waals surface area contributed by atoms with Gasteiger partial charge in [0.2, 0.25) is 0 Å². The number of rotatable bonds is 5. The van der Waals surface area contributed by atoms with E-state index in [-0.39, 0.29) is 11.7 Å². The third-order valence-electron chi connectivity index (χ3n) is 4.04. The van der Waals surface area contributed by atoms with Crippen LogP contribution in [0.3, 0.4) is 0 Å². The van der Waals surface area contributed by atoms with E-state index in [0.29, 0.717) is 23.8 Å². The molecule has 3 aromatic rings. The molecular formula is C20H20FN3O. The summed E-state index contributed by atoms with van der Waals surface area (Å²) in [5.74, 6) is 0.426. The van der Waals surface area contributed by atoms with Crippen molar-refractivity contribution in [1.29, 1.82) is 0 Å². The summed E-state index contributed by atoms with van der Waals surface area (Å²) < 4.78 is 14.7. The predicted octanol–water partition coefficient (Wildman–Crippen LogP) is 4.45. The maximum Gasteiger partial charge on any atom is 0.256 e. The molecule has 0 radical (unpaired) electrons. The molecule has 1 N–H and O–H groups in total. The van der Waals surface area contributed by atoms with Gasteiger partial charge < -0.3 is 5.32 Å². The van der Waals surface area contributed by atoms with E-state index < -0.39 is 0 Å². The Hall–Kier alpha value is -2.95. The summed E-state index contributed by atoms with van der Waals surface area (Å²) in [7, 11) is 0. The summed E-state index contributed by atoms with van der Waals surface area (Å²) in [6.07, 6.45) is 1.64. The average Bonchev–Trinajstić information content (AvgIpc) is 3.02. The quantitative estimate of drug-likeness (QED) is 0.748. The van der Waals surface area contributed by atoms with Crippen molar-refractivity contribution >= 4 is 11.7 Å². The van der Waals surface area contributed by atoms with Crippen LogP contribution in [0.5, 0.6) is 0 Å². The normalized spacial score (nSPS) is 10.9. The molecule has 1 heterocycles. The van der Waals surface area contributed by atoms with Gasteiger partial charge in [0.25, 0.3) is 5.91 Å². The highest BCUT2D eigenvalue weighted by molar-refractivity contribution is 6.03. The lowest BCUT2D eigenvalue weighted by Crippen LogP contribution is -2.16. The number of halogens is 1. The third kappa shape index (κ3) is 4.12. The second-order valence-electron chi connectivity index (χ2n) is 6.23. The molecular weight excluding hydrogens is 317 g/mol. The molecule has 0 spiro atoms. The summed E-state index contributed by atoms with van der Waals surface area (Å²) in [5, 5.41) is 7.09. The molecule has 2 aromatic carbocycles. The second-order valence-corrected chi connectivity index (χ2v) is 6.23. The number of hydrogen-bond acceptors (Lipinski definition) is 2. The Morgan fingerprint density at radius 3 is 2.40 bits per heavy atom. The Bertz CT molecular complexity index is 851. The molecule has 0 saturated carbocycles. The van der Waals surface area contributed by atoms with E-state index in [4.69, 9.17) is 0 Å². The largest absolute Gasteiger partial charge is 0.307 e. The van der Waals surface area contributed by atoms with E-state index in [1.807, 2.05) is 0 Å². The molecule has 1 amide bonds. The van der Waals surface area contributed by atoms with Crippen molar-refractivity contribution in [3.63, 3.8) is 0 Å². The number of amides is 1. The molecule has 3 rings (SSSR count). The number of anilines is 1. The van der Waals surface area contributed by atoms with Crippen molar-refractivity contribution < 1.29 is 9.18 Å². The Kier molecular flexibility index (Phi) is 4.93. The molecule has 0 aliphatic rings. The lowest BCUT2D eigenvalue weighted by Gasteiger charge is -2.10. The second kappa shape index (κ2) is 7.30. The predicted molar refractivity (Wildman–Crippen MR) is 96.2 cm³/mol. The summed E-state index contributed by atoms with van der Waals surface area (Å²) in [4.78, 5) is 12.3. The van der Waals surface area contributed by atoms with Gasteiger partial charge in [-0.1, -0.05) is 38.1 Å². The Labute approximate surface area is 146 Å². The molecule has 25 heavy (non-hydrogen) atoms. The fraction of sp³-hybridized carbons (Fsp3) is 0.200. The van der Waals surface area contributed by atoms with Gasteiger partial charge in [-0.2, -0.15) is 5.10 Å². The number of carbonyl (C=O) groups excluding carboxylic acids is 1. The molecule has 4 nitrogen and oxygen atoms in total. The molecule has 0 fully saturated rings. The van der Waals surface area contributed by atoms with Gasteiger partial charge in [-0.15, -0.1) is 0 Å². The van der Waals surface area contributed by atoms with Crippen LogP contribution in [0.4, 0.5) is 10.2 Å². The van der Waals surface area contributed by atoms with Crippen LogP contribution >= 0.6 is 0 Å². The summed E-state index contributed by atoms with van der Waals surface area (Å²) >= 11 is 0. The first-order valence-electron chi connectivity index (χ1n) is 8.20. The first-order chi connectivity index (χ1) is 12.0. The van der Waals surface area contributed by atoms with Crippen LogP contribution in [-0.2, 0) is 6.54 Å². The summed E-state index contributed by atoms with van der Waals surface area (Å²) in [5.41, 5.74) is 2.79. The van der Waals surface area contributed by atoms with Crippen molar-refractivity contribution in [2.24, 2.45) is 0 Å². The van der Waals surface area contributed by atoms with Crippen LogP contribution in [0.2, 0.25) is 0 Å². The number of carbonyl (C=O) groups is 1. The summed E-state index contributed by atoms with van der Waals surface area (Å²) in [6.45, 7) is 4.88. The van der Waals surface area contributed by atoms with Gasteiger partial charge in [-0.25, -0.2) is 9.07 Å². The maximum atomic E-state index is 13.0. The van der Waals surface area contributed by atoms with Crippen LogP contribution in [-0.4, -0.2) is 15.7 Å². The lowest BCUT2D eigenvalue weighted by atomic mass is 10.0. The van der Waals surface area contributed by atoms with Crippen LogP contribution in [0.1, 0.15) is 41.3 Å². The molecule has 5 heteroatoms. The topological polar surface area (TPSA) is 46.9 Å². The molecule has 1 aromatic heterocycles. The molecule has 0 saturated heterocycles. The molecule has 0 unspecified atom stereocenters. The minimum atomic E-state index is -0.369. The van der Waals surface area contributed by atoms with Crippen molar-refractivity contribution in [3.05, 3.63) is 83.3 Å². The van der Waals surface area contributed by atoms with Crippen molar-refractivity contribution in [1.82, 2.24) is 9.78 Å². The zero-order chi connectivity index (χ0) is 17.8. The SMILES string of the molecule is CC(C)c1ccc(Cn2nccc2NC(=O)c2ccc(F)cc2)cc1. The number of nitrogens with zero attached hydrogens (tertiary/aromatic N) is 2. The van der Waals surface area contributed by atoms with Gasteiger partial charge in [-0.3, -0.25) is 4.79 Å². The fourth-order valence-corrected chi connectivity index (χ4v) is 2.54. The molecule has 0 bridgehead atoms. The van der Waals surface area contributed by atoms with E-state index in [9.17, 15) is 9.18 Å². The van der Waals surface area contributed by atoms with Crippen molar-refractivity contribution in [3.8, 4) is 0 Å². The van der Waals surface area contributed by atoms with Crippen molar-refractivity contribution in [2.75, 3.05) is 5.32 Å². The minimum absolute atomic E-state index is 0.295. The minimum Gasteiger partial charge on any atom is -0.307 e. The number of nitrogens with one attached hydrogen (secondary N) is 1. The zero-order valence-electron chi connectivity index (χ0n) is 14.2. The maximum absolute atomic E-state index is 13.0. The van der Waals surface area contributed by atoms with E-state index in [1.165, 1.54) is 29.8 Å². The molecule has 128 valence electrons. The number of hydrogen-bond donors (Lipinski definition) is 1. The molecule has 0 aliphatic carbocycles. The van der Waals surface area contributed by atoms with Crippen molar-refractivity contribution in [2.45, 2.75) is 26.3 Å². The first kappa shape index (κ1) is 16.9. The van der Waals surface area contributed by atoms with Crippen LogP contribution in [0, 0.1) is 5.82 Å². The van der Waals surface area contributed by atoms with Gasteiger partial charge in [0.15, 0.2) is 0 Å². The summed E-state index contributed by atoms with van der Waals surface area (Å²) in [6, 6.07) is 15.5. The fourth-order valence-electron chi connectivity index (χ4n) is 2.54. The van der Waals surface area contributed by atoms with Crippen LogP contribution in [0.15, 0.2) is 60.8 Å². The monoisotopic (exact) mass is 337 g/mol. The molecule has 0 atom stereocenters.